The van der Waals surface area contributed by atoms with Crippen molar-refractivity contribution in [1.29, 1.82) is 0 Å². The molecule has 142 valence electrons. The van der Waals surface area contributed by atoms with Gasteiger partial charge >= 0.3 is 12.5 Å². The first kappa shape index (κ1) is 19.9. The quantitative estimate of drug-likeness (QED) is 0.564. The minimum atomic E-state index is -5.03. The van der Waals surface area contributed by atoms with E-state index in [4.69, 9.17) is 9.84 Å². The third-order valence-electron chi connectivity index (χ3n) is 3.25. The van der Waals surface area contributed by atoms with Crippen LogP contribution in [-0.4, -0.2) is 24.7 Å². The zero-order valence-electron chi connectivity index (χ0n) is 13.2. The SMILES string of the molecule is OCCCOc1ccc(-c2cccc(C(F)(F)F)c2)c(OC(F)(F)F)c1. The molecule has 0 saturated carbocycles. The highest BCUT2D eigenvalue weighted by Crippen LogP contribution is 2.39. The van der Waals surface area contributed by atoms with Gasteiger partial charge in [-0.15, -0.1) is 13.2 Å². The monoisotopic (exact) mass is 380 g/mol. The summed E-state index contributed by atoms with van der Waals surface area (Å²) in [6.45, 7) is -0.0981. The molecule has 0 spiro atoms. The summed E-state index contributed by atoms with van der Waals surface area (Å²) in [5.41, 5.74) is -1.24. The highest BCUT2D eigenvalue weighted by Gasteiger charge is 2.33. The van der Waals surface area contributed by atoms with Crippen molar-refractivity contribution < 1.29 is 40.9 Å². The highest BCUT2D eigenvalue weighted by molar-refractivity contribution is 5.72. The van der Waals surface area contributed by atoms with E-state index in [1.54, 1.807) is 0 Å². The molecule has 2 rings (SSSR count). The maximum atomic E-state index is 12.8. The largest absolute Gasteiger partial charge is 0.573 e. The van der Waals surface area contributed by atoms with Gasteiger partial charge in [-0.25, -0.2) is 0 Å². The van der Waals surface area contributed by atoms with Crippen molar-refractivity contribution >= 4 is 0 Å². The summed E-state index contributed by atoms with van der Waals surface area (Å²) in [5, 5.41) is 8.69. The number of halogens is 6. The van der Waals surface area contributed by atoms with Gasteiger partial charge in [-0.05, 0) is 29.8 Å². The molecular formula is C17H14F6O3. The predicted molar refractivity (Wildman–Crippen MR) is 80.8 cm³/mol. The number of hydrogen-bond donors (Lipinski definition) is 1. The van der Waals surface area contributed by atoms with E-state index in [2.05, 4.69) is 4.74 Å². The molecule has 0 saturated heterocycles. The number of hydrogen-bond acceptors (Lipinski definition) is 3. The maximum Gasteiger partial charge on any atom is 0.573 e. The Morgan fingerprint density at radius 2 is 1.65 bits per heavy atom. The summed E-state index contributed by atoms with van der Waals surface area (Å²) in [7, 11) is 0. The molecule has 1 N–H and O–H groups in total. The van der Waals surface area contributed by atoms with Crippen molar-refractivity contribution in [3.05, 3.63) is 48.0 Å². The van der Waals surface area contributed by atoms with E-state index in [1.807, 2.05) is 0 Å². The van der Waals surface area contributed by atoms with Gasteiger partial charge in [0.1, 0.15) is 11.5 Å². The molecule has 2 aromatic rings. The van der Waals surface area contributed by atoms with Crippen LogP contribution in [0.5, 0.6) is 11.5 Å². The second-order valence-electron chi connectivity index (χ2n) is 5.21. The Labute approximate surface area is 144 Å². The first-order chi connectivity index (χ1) is 12.1. The van der Waals surface area contributed by atoms with Crippen LogP contribution in [0.25, 0.3) is 11.1 Å². The molecule has 0 aromatic heterocycles. The number of alkyl halides is 6. The van der Waals surface area contributed by atoms with Crippen LogP contribution in [0.15, 0.2) is 42.5 Å². The van der Waals surface area contributed by atoms with E-state index >= 15 is 0 Å². The zero-order valence-corrected chi connectivity index (χ0v) is 13.2. The molecule has 0 unspecified atom stereocenters. The van der Waals surface area contributed by atoms with Crippen LogP contribution >= 0.6 is 0 Å². The highest BCUT2D eigenvalue weighted by atomic mass is 19.4. The molecule has 0 fully saturated rings. The fourth-order valence-corrected chi connectivity index (χ4v) is 2.16. The Morgan fingerprint density at radius 3 is 2.27 bits per heavy atom. The lowest BCUT2D eigenvalue weighted by atomic mass is 10.0. The van der Waals surface area contributed by atoms with E-state index in [1.165, 1.54) is 18.2 Å². The van der Waals surface area contributed by atoms with Crippen LogP contribution < -0.4 is 9.47 Å². The molecule has 0 amide bonds. The number of benzene rings is 2. The number of aliphatic hydroxyl groups is 1. The Hall–Kier alpha value is -2.42. The van der Waals surface area contributed by atoms with Crippen LogP contribution in [-0.2, 0) is 6.18 Å². The van der Waals surface area contributed by atoms with E-state index in [-0.39, 0.29) is 36.5 Å². The molecule has 0 radical (unpaired) electrons. The molecule has 26 heavy (non-hydrogen) atoms. The maximum absolute atomic E-state index is 12.8. The van der Waals surface area contributed by atoms with Crippen LogP contribution in [0.1, 0.15) is 12.0 Å². The van der Waals surface area contributed by atoms with Gasteiger partial charge in [0, 0.05) is 24.7 Å². The van der Waals surface area contributed by atoms with E-state index in [0.717, 1.165) is 24.3 Å². The predicted octanol–water partition coefficient (Wildman–Crippen LogP) is 5.03. The lowest BCUT2D eigenvalue weighted by Crippen LogP contribution is -2.17. The summed E-state index contributed by atoms with van der Waals surface area (Å²) >= 11 is 0. The molecule has 0 heterocycles. The van der Waals surface area contributed by atoms with Gasteiger partial charge in [-0.1, -0.05) is 12.1 Å². The van der Waals surface area contributed by atoms with Crippen molar-refractivity contribution in [1.82, 2.24) is 0 Å². The first-order valence-electron chi connectivity index (χ1n) is 7.41. The fourth-order valence-electron chi connectivity index (χ4n) is 2.16. The lowest BCUT2D eigenvalue weighted by Gasteiger charge is -2.16. The zero-order chi connectivity index (χ0) is 19.4. The average Bonchev–Trinajstić information content (AvgIpc) is 2.53. The van der Waals surface area contributed by atoms with Gasteiger partial charge in [-0.2, -0.15) is 13.2 Å². The molecule has 0 bridgehead atoms. The molecule has 0 aliphatic rings. The van der Waals surface area contributed by atoms with Gasteiger partial charge in [-0.3, -0.25) is 0 Å². The number of ether oxygens (including phenoxy) is 2. The van der Waals surface area contributed by atoms with E-state index < -0.39 is 23.9 Å². The van der Waals surface area contributed by atoms with Crippen molar-refractivity contribution in [3.63, 3.8) is 0 Å². The minimum Gasteiger partial charge on any atom is -0.493 e. The van der Waals surface area contributed by atoms with E-state index in [9.17, 15) is 26.3 Å². The van der Waals surface area contributed by atoms with Crippen molar-refractivity contribution in [3.8, 4) is 22.6 Å². The third kappa shape index (κ3) is 5.55. The van der Waals surface area contributed by atoms with Gasteiger partial charge < -0.3 is 14.6 Å². The Morgan fingerprint density at radius 1 is 0.923 bits per heavy atom. The van der Waals surface area contributed by atoms with Gasteiger partial charge in [0.05, 0.1) is 12.2 Å². The van der Waals surface area contributed by atoms with Crippen molar-refractivity contribution in [2.45, 2.75) is 19.0 Å². The van der Waals surface area contributed by atoms with Gasteiger partial charge in [0.2, 0.25) is 0 Å². The van der Waals surface area contributed by atoms with Crippen LogP contribution in [0, 0.1) is 0 Å². The van der Waals surface area contributed by atoms with Crippen molar-refractivity contribution in [2.75, 3.05) is 13.2 Å². The Kier molecular flexibility index (Phi) is 6.01. The van der Waals surface area contributed by atoms with Crippen LogP contribution in [0.3, 0.4) is 0 Å². The molecular weight excluding hydrogens is 366 g/mol. The number of aliphatic hydroxyl groups excluding tert-OH is 1. The molecule has 2 aromatic carbocycles. The minimum absolute atomic E-state index is 0.0356. The normalized spacial score (nSPS) is 12.1. The summed E-state index contributed by atoms with van der Waals surface area (Å²) in [6, 6.07) is 7.35. The summed E-state index contributed by atoms with van der Waals surface area (Å²) in [4.78, 5) is 0. The van der Waals surface area contributed by atoms with Crippen molar-refractivity contribution in [2.24, 2.45) is 0 Å². The Balaban J connectivity index is 2.43. The second kappa shape index (κ2) is 7.86. The smallest absolute Gasteiger partial charge is 0.493 e. The lowest BCUT2D eigenvalue weighted by molar-refractivity contribution is -0.274. The molecule has 0 aliphatic carbocycles. The van der Waals surface area contributed by atoms with Gasteiger partial charge in [0.15, 0.2) is 0 Å². The van der Waals surface area contributed by atoms with Gasteiger partial charge in [0.25, 0.3) is 0 Å². The first-order valence-corrected chi connectivity index (χ1v) is 7.41. The van der Waals surface area contributed by atoms with Crippen LogP contribution in [0.2, 0.25) is 0 Å². The average molecular weight is 380 g/mol. The summed E-state index contributed by atoms with van der Waals surface area (Å²) in [6.07, 6.45) is -9.39. The van der Waals surface area contributed by atoms with Crippen LogP contribution in [0.4, 0.5) is 26.3 Å². The Bertz CT molecular complexity index is 740. The molecule has 9 heteroatoms. The number of rotatable bonds is 6. The third-order valence-corrected chi connectivity index (χ3v) is 3.25. The van der Waals surface area contributed by atoms with E-state index in [0.29, 0.717) is 0 Å². The topological polar surface area (TPSA) is 38.7 Å². The summed E-state index contributed by atoms with van der Waals surface area (Å²) in [5.74, 6) is -0.647. The summed E-state index contributed by atoms with van der Waals surface area (Å²) < 4.78 is 85.7. The second-order valence-corrected chi connectivity index (χ2v) is 5.21. The standard InChI is InChI=1S/C17H14F6O3/c18-16(19,20)12-4-1-3-11(9-12)14-6-5-13(25-8-2-7-24)10-15(14)26-17(21,22)23/h1,3-6,9-10,24H,2,7-8H2. The molecule has 0 aliphatic heterocycles. The fraction of sp³-hybridized carbons (Fsp3) is 0.294. The molecule has 3 nitrogen and oxygen atoms in total. The molecule has 0 atom stereocenters.